The Balaban J connectivity index is 3.03. The maximum atomic E-state index is 13.0. The Labute approximate surface area is 116 Å². The Kier molecular flexibility index (Phi) is 6.19. The quantitative estimate of drug-likeness (QED) is 0.615. The smallest absolute Gasteiger partial charge is 0.383 e. The fourth-order valence-corrected chi connectivity index (χ4v) is 1.93. The summed E-state index contributed by atoms with van der Waals surface area (Å²) in [6, 6.07) is 5.53. The van der Waals surface area contributed by atoms with E-state index in [1.54, 1.807) is 30.3 Å². The van der Waals surface area contributed by atoms with E-state index in [-0.39, 0.29) is 6.61 Å². The molecule has 0 bridgehead atoms. The lowest BCUT2D eigenvalue weighted by atomic mass is 10.0. The summed E-state index contributed by atoms with van der Waals surface area (Å²) in [4.78, 5) is 0. The van der Waals surface area contributed by atoms with Gasteiger partial charge in [-0.25, -0.2) is 0 Å². The van der Waals surface area contributed by atoms with Crippen LogP contribution in [0.3, 0.4) is 0 Å². The first-order valence-electron chi connectivity index (χ1n) is 6.10. The Morgan fingerprint density at radius 3 is 2.40 bits per heavy atom. The highest BCUT2D eigenvalue weighted by Gasteiger charge is 2.45. The number of halogens is 3. The van der Waals surface area contributed by atoms with E-state index in [4.69, 9.17) is 4.74 Å². The van der Waals surface area contributed by atoms with Crippen LogP contribution in [-0.2, 0) is 4.74 Å². The molecule has 0 radical (unpaired) electrons. The zero-order chi connectivity index (χ0) is 15.2. The van der Waals surface area contributed by atoms with Crippen molar-refractivity contribution in [2.45, 2.75) is 24.7 Å². The Bertz CT molecular complexity index is 409. The number of hydroxylamine groups is 2. The molecule has 0 spiro atoms. The number of hydrogen-bond donors (Lipinski definition) is 1. The monoisotopic (exact) mass is 289 g/mol. The first-order chi connectivity index (χ1) is 9.41. The fourth-order valence-electron chi connectivity index (χ4n) is 1.93. The van der Waals surface area contributed by atoms with Crippen LogP contribution in [0, 0.1) is 0 Å². The molecule has 112 valence electrons. The molecule has 0 aliphatic heterocycles. The van der Waals surface area contributed by atoms with Gasteiger partial charge in [0.25, 0.3) is 0 Å². The van der Waals surface area contributed by atoms with Gasteiger partial charge in [0, 0.05) is 7.11 Å². The molecule has 0 fully saturated rings. The predicted octanol–water partition coefficient (Wildman–Crippen LogP) is 3.57. The molecule has 0 saturated carbocycles. The lowest BCUT2D eigenvalue weighted by Gasteiger charge is -2.33. The van der Waals surface area contributed by atoms with Crippen molar-refractivity contribution in [3.63, 3.8) is 0 Å². The van der Waals surface area contributed by atoms with E-state index < -0.39 is 24.7 Å². The van der Waals surface area contributed by atoms with Gasteiger partial charge in [0.2, 0.25) is 0 Å². The first-order valence-corrected chi connectivity index (χ1v) is 6.10. The average Bonchev–Trinajstić information content (AvgIpc) is 2.41. The summed E-state index contributed by atoms with van der Waals surface area (Å²) in [5.74, 6) is 0. The van der Waals surface area contributed by atoms with Crippen molar-refractivity contribution in [1.29, 1.82) is 0 Å². The van der Waals surface area contributed by atoms with Crippen molar-refractivity contribution in [3.05, 3.63) is 48.6 Å². The molecule has 0 unspecified atom stereocenters. The van der Waals surface area contributed by atoms with Crippen molar-refractivity contribution in [2.75, 3.05) is 13.7 Å². The van der Waals surface area contributed by atoms with Crippen LogP contribution in [0.1, 0.15) is 18.0 Å². The molecule has 0 aliphatic carbocycles. The number of hydrogen-bond acceptors (Lipinski definition) is 3. The molecule has 0 heterocycles. The van der Waals surface area contributed by atoms with Crippen molar-refractivity contribution < 1.29 is 23.1 Å². The number of ether oxygens (including phenoxy) is 1. The largest absolute Gasteiger partial charge is 0.406 e. The summed E-state index contributed by atoms with van der Waals surface area (Å²) in [5, 5.41) is 10.3. The maximum Gasteiger partial charge on any atom is 0.406 e. The summed E-state index contributed by atoms with van der Waals surface area (Å²) in [6.07, 6.45) is -3.81. The summed E-state index contributed by atoms with van der Waals surface area (Å²) in [7, 11) is 1.37. The Morgan fingerprint density at radius 2 is 1.95 bits per heavy atom. The van der Waals surface area contributed by atoms with Gasteiger partial charge in [0.05, 0.1) is 12.6 Å². The van der Waals surface area contributed by atoms with Gasteiger partial charge in [-0.3, -0.25) is 0 Å². The molecule has 0 amide bonds. The van der Waals surface area contributed by atoms with E-state index in [2.05, 4.69) is 6.58 Å². The third-order valence-corrected chi connectivity index (χ3v) is 2.92. The van der Waals surface area contributed by atoms with E-state index in [0.717, 1.165) is 6.08 Å². The van der Waals surface area contributed by atoms with Crippen LogP contribution in [0.4, 0.5) is 13.2 Å². The van der Waals surface area contributed by atoms with Gasteiger partial charge in [-0.1, -0.05) is 36.4 Å². The number of benzene rings is 1. The maximum absolute atomic E-state index is 13.0. The number of nitrogens with zero attached hydrogens (tertiary/aromatic N) is 1. The first kappa shape index (κ1) is 16.7. The van der Waals surface area contributed by atoms with Crippen molar-refractivity contribution in [1.82, 2.24) is 5.06 Å². The van der Waals surface area contributed by atoms with Crippen LogP contribution < -0.4 is 0 Å². The van der Waals surface area contributed by atoms with Crippen molar-refractivity contribution >= 4 is 0 Å². The van der Waals surface area contributed by atoms with Gasteiger partial charge in [0.15, 0.2) is 0 Å². The van der Waals surface area contributed by atoms with E-state index in [9.17, 15) is 18.4 Å². The second-order valence-electron chi connectivity index (χ2n) is 4.34. The Morgan fingerprint density at radius 1 is 1.35 bits per heavy atom. The van der Waals surface area contributed by atoms with Gasteiger partial charge in [-0.05, 0) is 12.0 Å². The molecular formula is C14H18F3NO2. The average molecular weight is 289 g/mol. The number of alkyl halides is 3. The van der Waals surface area contributed by atoms with Gasteiger partial charge < -0.3 is 9.94 Å². The minimum Gasteiger partial charge on any atom is -0.383 e. The fraction of sp³-hybridized carbons (Fsp3) is 0.429. The minimum atomic E-state index is -4.55. The van der Waals surface area contributed by atoms with Crippen LogP contribution in [0.5, 0.6) is 0 Å². The third kappa shape index (κ3) is 4.33. The number of methoxy groups -OCH3 is 1. The van der Waals surface area contributed by atoms with Crippen LogP contribution in [0.25, 0.3) is 0 Å². The molecule has 1 aromatic carbocycles. The predicted molar refractivity (Wildman–Crippen MR) is 69.3 cm³/mol. The molecule has 1 N–H and O–H groups in total. The molecular weight excluding hydrogens is 271 g/mol. The van der Waals surface area contributed by atoms with E-state index >= 15 is 0 Å². The number of rotatable bonds is 7. The van der Waals surface area contributed by atoms with Gasteiger partial charge in [0.1, 0.15) is 6.04 Å². The molecule has 3 nitrogen and oxygen atoms in total. The molecule has 0 aromatic heterocycles. The minimum absolute atomic E-state index is 0.0514. The second kappa shape index (κ2) is 7.42. The van der Waals surface area contributed by atoms with Crippen LogP contribution in [-0.4, -0.2) is 36.2 Å². The highest BCUT2D eigenvalue weighted by atomic mass is 19.4. The zero-order valence-corrected chi connectivity index (χ0v) is 11.2. The summed E-state index contributed by atoms with van der Waals surface area (Å²) >= 11 is 0. The highest BCUT2D eigenvalue weighted by Crippen LogP contribution is 2.32. The van der Waals surface area contributed by atoms with Gasteiger partial charge in [-0.15, -0.1) is 6.58 Å². The van der Waals surface area contributed by atoms with E-state index in [1.807, 2.05) is 0 Å². The standard InChI is InChI=1S/C14H18F3NO2/c1-3-7-13(14(15,16)17)18(19)12(10-20-2)11-8-5-4-6-9-11/h3-6,8-9,12-13,19H,1,7,10H2,2H3/t12-,13+/m0/s1. The van der Waals surface area contributed by atoms with Crippen LogP contribution in [0.2, 0.25) is 0 Å². The van der Waals surface area contributed by atoms with Crippen molar-refractivity contribution in [2.24, 2.45) is 0 Å². The highest BCUT2D eigenvalue weighted by molar-refractivity contribution is 5.19. The molecule has 0 aliphatic rings. The van der Waals surface area contributed by atoms with Crippen LogP contribution >= 0.6 is 0 Å². The molecule has 6 heteroatoms. The Hall–Kier alpha value is -1.37. The molecule has 1 rings (SSSR count). The van der Waals surface area contributed by atoms with Gasteiger partial charge >= 0.3 is 6.18 Å². The summed E-state index contributed by atoms with van der Waals surface area (Å²) in [6.45, 7) is 3.25. The summed E-state index contributed by atoms with van der Waals surface area (Å²) < 4.78 is 43.9. The lowest BCUT2D eigenvalue weighted by Crippen LogP contribution is -2.46. The lowest BCUT2D eigenvalue weighted by molar-refractivity contribution is -0.270. The van der Waals surface area contributed by atoms with Crippen LogP contribution in [0.15, 0.2) is 43.0 Å². The SMILES string of the molecule is C=CC[C@@H](N(O)[C@@H](COC)c1ccccc1)C(F)(F)F. The zero-order valence-electron chi connectivity index (χ0n) is 11.2. The van der Waals surface area contributed by atoms with Gasteiger partial charge in [-0.2, -0.15) is 18.2 Å². The second-order valence-corrected chi connectivity index (χ2v) is 4.34. The third-order valence-electron chi connectivity index (χ3n) is 2.92. The van der Waals surface area contributed by atoms with Crippen molar-refractivity contribution in [3.8, 4) is 0 Å². The molecule has 2 atom stereocenters. The molecule has 20 heavy (non-hydrogen) atoms. The summed E-state index contributed by atoms with van der Waals surface area (Å²) in [5.41, 5.74) is 0.551. The topological polar surface area (TPSA) is 32.7 Å². The molecule has 0 saturated heterocycles. The normalized spacial score (nSPS) is 15.1. The van der Waals surface area contributed by atoms with E-state index in [1.165, 1.54) is 7.11 Å². The van der Waals surface area contributed by atoms with E-state index in [0.29, 0.717) is 10.6 Å². The molecule has 1 aromatic rings.